The summed E-state index contributed by atoms with van der Waals surface area (Å²) >= 11 is 0. The van der Waals surface area contributed by atoms with Crippen LogP contribution in [0.15, 0.2) is 35.2 Å². The first-order valence-corrected chi connectivity index (χ1v) is 15.8. The van der Waals surface area contributed by atoms with Gasteiger partial charge in [0.15, 0.2) is 0 Å². The van der Waals surface area contributed by atoms with Crippen molar-refractivity contribution < 1.29 is 17.9 Å². The number of aromatic nitrogens is 1. The molecule has 10 heteroatoms. The number of pyridine rings is 1. The first kappa shape index (κ1) is 27.2. The van der Waals surface area contributed by atoms with Gasteiger partial charge in [0.05, 0.1) is 42.6 Å². The van der Waals surface area contributed by atoms with E-state index in [1.165, 1.54) is 6.42 Å². The van der Waals surface area contributed by atoms with Gasteiger partial charge in [0, 0.05) is 79.7 Å². The second-order valence-corrected chi connectivity index (χ2v) is 13.1. The Balaban J connectivity index is 1.19. The number of fused-ring (bicyclic) bond motifs is 1. The van der Waals surface area contributed by atoms with Gasteiger partial charge in [-0.3, -0.25) is 9.88 Å². The highest BCUT2D eigenvalue weighted by atomic mass is 32.2. The van der Waals surface area contributed by atoms with E-state index in [0.29, 0.717) is 49.3 Å². The average Bonchev–Trinajstić information content (AvgIpc) is 3.39. The van der Waals surface area contributed by atoms with Crippen molar-refractivity contribution in [2.24, 2.45) is 0 Å². The average molecular weight is 564 g/mol. The van der Waals surface area contributed by atoms with Gasteiger partial charge < -0.3 is 14.8 Å². The number of piperidine rings is 1. The maximum absolute atomic E-state index is 13.6. The summed E-state index contributed by atoms with van der Waals surface area (Å²) < 4.78 is 39.9. The second kappa shape index (κ2) is 11.5. The molecule has 0 spiro atoms. The summed E-state index contributed by atoms with van der Waals surface area (Å²) in [6, 6.07) is 10.4. The molecule has 9 nitrogen and oxygen atoms in total. The molecule has 3 fully saturated rings. The molecule has 0 amide bonds. The summed E-state index contributed by atoms with van der Waals surface area (Å²) in [6.07, 6.45) is 8.23. The third-order valence-electron chi connectivity index (χ3n) is 8.75. The van der Waals surface area contributed by atoms with Crippen LogP contribution in [0.2, 0.25) is 0 Å². The predicted octanol–water partition coefficient (Wildman–Crippen LogP) is 3.59. The number of morpholine rings is 1. The number of benzene rings is 1. The Morgan fingerprint density at radius 1 is 1.12 bits per heavy atom. The van der Waals surface area contributed by atoms with Crippen LogP contribution in [0.1, 0.15) is 54.6 Å². The van der Waals surface area contributed by atoms with Gasteiger partial charge in [-0.2, -0.15) is 9.57 Å². The van der Waals surface area contributed by atoms with E-state index < -0.39 is 10.0 Å². The summed E-state index contributed by atoms with van der Waals surface area (Å²) in [5.74, 6) is 0.538. The lowest BCUT2D eigenvalue weighted by Crippen LogP contribution is -2.50. The van der Waals surface area contributed by atoms with Crippen molar-refractivity contribution in [2.45, 2.75) is 61.9 Å². The molecule has 0 atom stereocenters. The van der Waals surface area contributed by atoms with E-state index in [9.17, 15) is 13.7 Å². The van der Waals surface area contributed by atoms with Crippen LogP contribution in [-0.4, -0.2) is 81.2 Å². The van der Waals surface area contributed by atoms with Crippen LogP contribution in [0.25, 0.3) is 5.57 Å². The SMILES string of the molecule is COc1cc(S(=O)(=O)N2CCC(N3CCOCC3)CC2)ccc1Cc1cc(NC2CCC2)c2c(n1)CC=C2C#N. The fourth-order valence-electron chi connectivity index (χ4n) is 6.25. The van der Waals surface area contributed by atoms with Crippen LogP contribution >= 0.6 is 0 Å². The van der Waals surface area contributed by atoms with Crippen LogP contribution in [-0.2, 0) is 27.6 Å². The smallest absolute Gasteiger partial charge is 0.243 e. The van der Waals surface area contributed by atoms with Gasteiger partial charge >= 0.3 is 0 Å². The summed E-state index contributed by atoms with van der Waals surface area (Å²) in [4.78, 5) is 7.58. The Kier molecular flexibility index (Phi) is 7.82. The molecule has 0 radical (unpaired) electrons. The van der Waals surface area contributed by atoms with Crippen LogP contribution in [0.4, 0.5) is 5.69 Å². The lowest BCUT2D eigenvalue weighted by atomic mass is 9.92. The summed E-state index contributed by atoms with van der Waals surface area (Å²) in [5.41, 5.74) is 5.22. The third kappa shape index (κ3) is 5.36. The van der Waals surface area contributed by atoms with Crippen LogP contribution in [0.5, 0.6) is 5.75 Å². The maximum atomic E-state index is 13.6. The highest BCUT2D eigenvalue weighted by molar-refractivity contribution is 7.89. The molecule has 212 valence electrons. The van der Waals surface area contributed by atoms with E-state index in [2.05, 4.69) is 16.3 Å². The number of nitrogens with zero attached hydrogens (tertiary/aromatic N) is 4. The number of rotatable bonds is 8. The molecule has 6 rings (SSSR count). The van der Waals surface area contributed by atoms with Crippen LogP contribution in [0, 0.1) is 11.3 Å². The number of hydrogen-bond acceptors (Lipinski definition) is 8. The van der Waals surface area contributed by atoms with Gasteiger partial charge in [0.1, 0.15) is 5.75 Å². The first-order valence-electron chi connectivity index (χ1n) is 14.3. The van der Waals surface area contributed by atoms with Crippen LogP contribution in [0.3, 0.4) is 0 Å². The minimum Gasteiger partial charge on any atom is -0.496 e. The largest absolute Gasteiger partial charge is 0.496 e. The Morgan fingerprint density at radius 2 is 1.90 bits per heavy atom. The van der Waals surface area contributed by atoms with Gasteiger partial charge in [-0.05, 0) is 44.2 Å². The van der Waals surface area contributed by atoms with Gasteiger partial charge in [0.25, 0.3) is 0 Å². The molecule has 1 aromatic heterocycles. The molecule has 2 aliphatic carbocycles. The summed E-state index contributed by atoms with van der Waals surface area (Å²) in [5, 5.41) is 13.3. The molecule has 2 aromatic rings. The molecule has 0 unspecified atom stereocenters. The summed E-state index contributed by atoms with van der Waals surface area (Å²) in [6.45, 7) is 4.38. The Labute approximate surface area is 236 Å². The molecular formula is C30H37N5O4S. The van der Waals surface area contributed by atoms with Crippen molar-refractivity contribution in [1.29, 1.82) is 5.26 Å². The number of nitrogens with one attached hydrogen (secondary N) is 1. The molecule has 4 aliphatic rings. The van der Waals surface area contributed by atoms with E-state index in [1.807, 2.05) is 18.2 Å². The standard InChI is InChI=1S/C30H37N5O4S/c1-38-29-19-26(40(36,37)35-11-9-25(10-12-35)34-13-15-39-16-14-34)7-5-21(29)17-24-18-28(32-23-3-2-4-23)30-22(20-31)6-8-27(30)33-24/h5-7,18-19,23,25H,2-4,8-17H2,1H3,(H,32,33). The van der Waals surface area contributed by atoms with E-state index in [1.54, 1.807) is 23.5 Å². The maximum Gasteiger partial charge on any atom is 0.243 e. The van der Waals surface area contributed by atoms with E-state index in [0.717, 1.165) is 80.2 Å². The quantitative estimate of drug-likeness (QED) is 0.519. The Hall–Kier alpha value is -2.97. The monoisotopic (exact) mass is 563 g/mol. The first-order chi connectivity index (χ1) is 19.5. The minimum absolute atomic E-state index is 0.259. The zero-order valence-electron chi connectivity index (χ0n) is 23.1. The van der Waals surface area contributed by atoms with Crippen LogP contribution < -0.4 is 10.1 Å². The highest BCUT2D eigenvalue weighted by Gasteiger charge is 2.33. The number of sulfonamides is 1. The topological polar surface area (TPSA) is 108 Å². The fourth-order valence-corrected chi connectivity index (χ4v) is 7.73. The minimum atomic E-state index is -3.63. The number of nitriles is 1. The lowest BCUT2D eigenvalue weighted by Gasteiger charge is -2.39. The molecule has 1 saturated carbocycles. The highest BCUT2D eigenvalue weighted by Crippen LogP contribution is 2.36. The Morgan fingerprint density at radius 3 is 2.58 bits per heavy atom. The van der Waals surface area contributed by atoms with Gasteiger partial charge in [-0.1, -0.05) is 12.1 Å². The molecule has 2 saturated heterocycles. The number of hydrogen-bond donors (Lipinski definition) is 1. The molecule has 40 heavy (non-hydrogen) atoms. The van der Waals surface area contributed by atoms with Gasteiger partial charge in [0.2, 0.25) is 10.0 Å². The van der Waals surface area contributed by atoms with Crippen molar-refractivity contribution in [3.63, 3.8) is 0 Å². The normalized spacial score (nSPS) is 20.9. The van der Waals surface area contributed by atoms with Crippen molar-refractivity contribution in [1.82, 2.24) is 14.2 Å². The molecule has 0 bridgehead atoms. The lowest BCUT2D eigenvalue weighted by molar-refractivity contribution is 0.00610. The van der Waals surface area contributed by atoms with Crippen molar-refractivity contribution in [3.05, 3.63) is 52.9 Å². The van der Waals surface area contributed by atoms with E-state index >= 15 is 0 Å². The molecule has 1 aromatic carbocycles. The molecule has 2 aliphatic heterocycles. The number of anilines is 1. The van der Waals surface area contributed by atoms with Crippen molar-refractivity contribution in [2.75, 3.05) is 51.8 Å². The molecule has 1 N–H and O–H groups in total. The van der Waals surface area contributed by atoms with Crippen molar-refractivity contribution >= 4 is 21.3 Å². The number of methoxy groups -OCH3 is 1. The third-order valence-corrected chi connectivity index (χ3v) is 10.6. The van der Waals surface area contributed by atoms with Crippen molar-refractivity contribution in [3.8, 4) is 11.8 Å². The second-order valence-electron chi connectivity index (χ2n) is 11.1. The fraction of sp³-hybridized carbons (Fsp3) is 0.533. The number of ether oxygens (including phenoxy) is 2. The Bertz CT molecular complexity index is 1430. The zero-order valence-corrected chi connectivity index (χ0v) is 23.9. The molecule has 3 heterocycles. The zero-order chi connectivity index (χ0) is 27.7. The van der Waals surface area contributed by atoms with Gasteiger partial charge in [-0.25, -0.2) is 8.42 Å². The van der Waals surface area contributed by atoms with Gasteiger partial charge in [-0.15, -0.1) is 0 Å². The predicted molar refractivity (Wildman–Crippen MR) is 153 cm³/mol. The summed E-state index contributed by atoms with van der Waals surface area (Å²) in [7, 11) is -2.05. The van der Waals surface area contributed by atoms with E-state index in [-0.39, 0.29) is 4.90 Å². The molecular weight excluding hydrogens is 526 g/mol. The number of allylic oxidation sites excluding steroid dienone is 2. The van der Waals surface area contributed by atoms with E-state index in [4.69, 9.17) is 14.5 Å².